The largest absolute Gasteiger partial charge is 0.260 e. The van der Waals surface area contributed by atoms with Gasteiger partial charge in [-0.1, -0.05) is 39.0 Å². The lowest BCUT2D eigenvalue weighted by molar-refractivity contribution is 0.403. The van der Waals surface area contributed by atoms with Gasteiger partial charge >= 0.3 is 0 Å². The molecular weight excluding hydrogens is 170 g/mol. The molecule has 0 radical (unpaired) electrons. The van der Waals surface area contributed by atoms with Crippen molar-refractivity contribution in [3.63, 3.8) is 0 Å². The van der Waals surface area contributed by atoms with Crippen LogP contribution in [0.5, 0.6) is 0 Å². The Bertz CT molecular complexity index is 348. The molecule has 1 unspecified atom stereocenters. The molecule has 1 heterocycles. The van der Waals surface area contributed by atoms with Crippen LogP contribution in [0.3, 0.4) is 0 Å². The Hall–Kier alpha value is -1.11. The molecule has 0 spiro atoms. The van der Waals surface area contributed by atoms with Crippen LogP contribution in [0.25, 0.3) is 0 Å². The minimum atomic E-state index is 0.353. The summed E-state index contributed by atoms with van der Waals surface area (Å²) in [5.74, 6) is 0.458. The average molecular weight is 187 g/mol. The number of allylic oxidation sites excluding steroid dienone is 5. The van der Waals surface area contributed by atoms with Crippen molar-refractivity contribution in [3.8, 4) is 0 Å². The first-order chi connectivity index (χ1) is 6.56. The van der Waals surface area contributed by atoms with Gasteiger partial charge in [0.25, 0.3) is 0 Å². The third-order valence-electron chi connectivity index (χ3n) is 2.51. The molecule has 0 amide bonds. The third kappa shape index (κ3) is 1.87. The van der Waals surface area contributed by atoms with Crippen LogP contribution >= 0.6 is 0 Å². The fraction of sp³-hybridized carbons (Fsp3) is 0.462. The summed E-state index contributed by atoms with van der Waals surface area (Å²) in [5.41, 5.74) is 3.01. The Morgan fingerprint density at radius 2 is 2.07 bits per heavy atom. The number of hydrogen-bond acceptors (Lipinski definition) is 1. The van der Waals surface area contributed by atoms with Gasteiger partial charge in [0.1, 0.15) is 0 Å². The first kappa shape index (κ1) is 9.45. The van der Waals surface area contributed by atoms with Gasteiger partial charge < -0.3 is 0 Å². The van der Waals surface area contributed by atoms with Crippen molar-refractivity contribution in [1.82, 2.24) is 0 Å². The Morgan fingerprint density at radius 3 is 2.79 bits per heavy atom. The predicted molar refractivity (Wildman–Crippen MR) is 61.4 cm³/mol. The Labute approximate surface area is 85.9 Å². The summed E-state index contributed by atoms with van der Waals surface area (Å²) in [6, 6.07) is 0. The van der Waals surface area contributed by atoms with Gasteiger partial charge in [0, 0.05) is 12.1 Å². The molecule has 1 heteroatoms. The SMILES string of the molecule is CC(C)(C)CC1=CN=C2C=CC=CC12. The maximum Gasteiger partial charge on any atom is 0.0513 e. The summed E-state index contributed by atoms with van der Waals surface area (Å²) in [6.45, 7) is 6.82. The second-order valence-corrected chi connectivity index (χ2v) is 5.22. The third-order valence-corrected chi connectivity index (χ3v) is 2.51. The fourth-order valence-corrected chi connectivity index (χ4v) is 1.97. The molecule has 1 atom stereocenters. The first-order valence-electron chi connectivity index (χ1n) is 5.18. The van der Waals surface area contributed by atoms with Crippen LogP contribution < -0.4 is 0 Å². The number of hydrogen-bond donors (Lipinski definition) is 0. The van der Waals surface area contributed by atoms with E-state index in [0.717, 1.165) is 6.42 Å². The number of fused-ring (bicyclic) bond motifs is 1. The standard InChI is InChI=1S/C13H17N/c1-13(2,3)8-10-9-14-12-7-5-4-6-11(10)12/h4-7,9,11H,8H2,1-3H3. The van der Waals surface area contributed by atoms with Gasteiger partial charge in [-0.25, -0.2) is 0 Å². The van der Waals surface area contributed by atoms with E-state index in [0.29, 0.717) is 11.3 Å². The lowest BCUT2D eigenvalue weighted by Crippen LogP contribution is -2.15. The van der Waals surface area contributed by atoms with E-state index < -0.39 is 0 Å². The second kappa shape index (κ2) is 3.23. The molecular formula is C13H17N. The molecule has 74 valence electrons. The van der Waals surface area contributed by atoms with Gasteiger partial charge in [0.15, 0.2) is 0 Å². The summed E-state index contributed by atoms with van der Waals surface area (Å²) < 4.78 is 0. The summed E-state index contributed by atoms with van der Waals surface area (Å²) in [6.07, 6.45) is 11.7. The Kier molecular flexibility index (Phi) is 2.18. The molecule has 0 N–H and O–H groups in total. The van der Waals surface area contributed by atoms with Crippen molar-refractivity contribution in [2.24, 2.45) is 16.3 Å². The van der Waals surface area contributed by atoms with Crippen molar-refractivity contribution in [3.05, 3.63) is 36.1 Å². The Balaban J connectivity index is 2.12. The van der Waals surface area contributed by atoms with E-state index in [4.69, 9.17) is 0 Å². The molecule has 2 aliphatic rings. The molecule has 1 aliphatic heterocycles. The molecule has 0 bridgehead atoms. The van der Waals surface area contributed by atoms with Crippen molar-refractivity contribution < 1.29 is 0 Å². The van der Waals surface area contributed by atoms with Crippen LogP contribution in [0.1, 0.15) is 27.2 Å². The predicted octanol–water partition coefficient (Wildman–Crippen LogP) is 3.50. The van der Waals surface area contributed by atoms with Crippen LogP contribution in [-0.2, 0) is 0 Å². The van der Waals surface area contributed by atoms with Gasteiger partial charge in [-0.3, -0.25) is 4.99 Å². The van der Waals surface area contributed by atoms with Crippen LogP contribution in [0.2, 0.25) is 0 Å². The summed E-state index contributed by atoms with van der Waals surface area (Å²) >= 11 is 0. The molecule has 1 aliphatic carbocycles. The second-order valence-electron chi connectivity index (χ2n) is 5.22. The summed E-state index contributed by atoms with van der Waals surface area (Å²) in [5, 5.41) is 0. The molecule has 0 aromatic carbocycles. The van der Waals surface area contributed by atoms with Crippen LogP contribution in [0, 0.1) is 11.3 Å². The molecule has 0 fully saturated rings. The van der Waals surface area contributed by atoms with Crippen LogP contribution in [0.4, 0.5) is 0 Å². The minimum absolute atomic E-state index is 0.353. The number of rotatable bonds is 1. The van der Waals surface area contributed by atoms with Crippen LogP contribution in [0.15, 0.2) is 41.1 Å². The highest BCUT2D eigenvalue weighted by Gasteiger charge is 2.25. The van der Waals surface area contributed by atoms with E-state index in [9.17, 15) is 0 Å². The normalized spacial score (nSPS) is 24.6. The van der Waals surface area contributed by atoms with E-state index in [-0.39, 0.29) is 0 Å². The van der Waals surface area contributed by atoms with Gasteiger partial charge in [-0.15, -0.1) is 0 Å². The minimum Gasteiger partial charge on any atom is -0.260 e. The highest BCUT2D eigenvalue weighted by Crippen LogP contribution is 2.34. The topological polar surface area (TPSA) is 12.4 Å². The van der Waals surface area contributed by atoms with E-state index >= 15 is 0 Å². The molecule has 2 rings (SSSR count). The zero-order valence-corrected chi connectivity index (χ0v) is 9.12. The highest BCUT2D eigenvalue weighted by molar-refractivity contribution is 6.03. The molecule has 1 nitrogen and oxygen atoms in total. The van der Waals surface area contributed by atoms with Crippen molar-refractivity contribution in [2.75, 3.05) is 0 Å². The van der Waals surface area contributed by atoms with E-state index in [2.05, 4.69) is 50.1 Å². The van der Waals surface area contributed by atoms with E-state index in [1.165, 1.54) is 11.3 Å². The quantitative estimate of drug-likeness (QED) is 0.595. The van der Waals surface area contributed by atoms with Crippen molar-refractivity contribution in [2.45, 2.75) is 27.2 Å². The monoisotopic (exact) mass is 187 g/mol. The van der Waals surface area contributed by atoms with Crippen molar-refractivity contribution >= 4 is 5.71 Å². The number of aliphatic imine (C=N–C) groups is 1. The highest BCUT2D eigenvalue weighted by atomic mass is 14.8. The molecule has 0 saturated heterocycles. The maximum absolute atomic E-state index is 4.44. The zero-order chi connectivity index (χ0) is 10.2. The number of nitrogens with zero attached hydrogens (tertiary/aromatic N) is 1. The molecule has 0 aromatic heterocycles. The van der Waals surface area contributed by atoms with E-state index in [1.54, 1.807) is 0 Å². The molecule has 14 heavy (non-hydrogen) atoms. The average Bonchev–Trinajstić information content (AvgIpc) is 2.47. The van der Waals surface area contributed by atoms with Crippen LogP contribution in [-0.4, -0.2) is 5.71 Å². The van der Waals surface area contributed by atoms with Gasteiger partial charge in [-0.2, -0.15) is 0 Å². The lowest BCUT2D eigenvalue weighted by Gasteiger charge is -2.22. The van der Waals surface area contributed by atoms with Gasteiger partial charge in [-0.05, 0) is 23.5 Å². The van der Waals surface area contributed by atoms with Gasteiger partial charge in [0.05, 0.1) is 5.71 Å². The lowest BCUT2D eigenvalue weighted by atomic mass is 9.81. The zero-order valence-electron chi connectivity index (χ0n) is 9.12. The maximum atomic E-state index is 4.44. The van der Waals surface area contributed by atoms with Crippen molar-refractivity contribution in [1.29, 1.82) is 0 Å². The summed E-state index contributed by atoms with van der Waals surface area (Å²) in [4.78, 5) is 4.44. The van der Waals surface area contributed by atoms with E-state index in [1.807, 2.05) is 6.20 Å². The molecule has 0 saturated carbocycles. The first-order valence-corrected chi connectivity index (χ1v) is 5.18. The molecule has 0 aromatic rings. The summed E-state index contributed by atoms with van der Waals surface area (Å²) in [7, 11) is 0. The van der Waals surface area contributed by atoms with Gasteiger partial charge in [0.2, 0.25) is 0 Å². The Morgan fingerprint density at radius 1 is 1.29 bits per heavy atom. The smallest absolute Gasteiger partial charge is 0.0513 e. The fourth-order valence-electron chi connectivity index (χ4n) is 1.97.